The normalized spacial score (nSPS) is 12.6. The molecule has 0 fully saturated rings. The Labute approximate surface area is 130 Å². The van der Waals surface area contributed by atoms with Crippen molar-refractivity contribution in [1.82, 2.24) is 10.2 Å². The van der Waals surface area contributed by atoms with E-state index in [1.54, 1.807) is 0 Å². The van der Waals surface area contributed by atoms with Gasteiger partial charge in [-0.1, -0.05) is 39.8 Å². The molecule has 1 aromatic rings. The molecule has 0 saturated heterocycles. The number of rotatable bonds is 11. The van der Waals surface area contributed by atoms with Gasteiger partial charge >= 0.3 is 0 Å². The fourth-order valence-electron chi connectivity index (χ4n) is 2.45. The standard InChI is InChI=1S/C18H32N2O/c1-5-13-19-18(6-2)16-9-11-17(12-10-16)21-15-14-20(7-3)8-4/h9-12,18-19H,5-8,13-15H2,1-4H3. The van der Waals surface area contributed by atoms with Gasteiger partial charge in [0.15, 0.2) is 0 Å². The third-order valence-corrected chi connectivity index (χ3v) is 3.90. The van der Waals surface area contributed by atoms with E-state index in [-0.39, 0.29) is 0 Å². The smallest absolute Gasteiger partial charge is 0.119 e. The minimum atomic E-state index is 0.453. The third-order valence-electron chi connectivity index (χ3n) is 3.90. The van der Waals surface area contributed by atoms with E-state index in [1.165, 1.54) is 12.0 Å². The highest BCUT2D eigenvalue weighted by Crippen LogP contribution is 2.20. The fraction of sp³-hybridized carbons (Fsp3) is 0.667. The molecule has 0 aliphatic carbocycles. The van der Waals surface area contributed by atoms with Gasteiger partial charge in [-0.3, -0.25) is 0 Å². The molecule has 1 atom stereocenters. The van der Waals surface area contributed by atoms with Crippen LogP contribution in [0.1, 0.15) is 52.1 Å². The molecule has 1 rings (SSSR count). The lowest BCUT2D eigenvalue weighted by atomic mass is 10.0. The van der Waals surface area contributed by atoms with Crippen molar-refractivity contribution in [2.75, 3.05) is 32.8 Å². The summed E-state index contributed by atoms with van der Waals surface area (Å²) >= 11 is 0. The first-order valence-corrected chi connectivity index (χ1v) is 8.43. The van der Waals surface area contributed by atoms with Crippen molar-refractivity contribution in [3.8, 4) is 5.75 Å². The Morgan fingerprint density at radius 3 is 2.24 bits per heavy atom. The molecular formula is C18H32N2O. The zero-order valence-electron chi connectivity index (χ0n) is 14.2. The molecular weight excluding hydrogens is 260 g/mol. The Kier molecular flexibility index (Phi) is 9.11. The van der Waals surface area contributed by atoms with Gasteiger partial charge in [0.1, 0.15) is 12.4 Å². The summed E-state index contributed by atoms with van der Waals surface area (Å²) in [4.78, 5) is 2.37. The summed E-state index contributed by atoms with van der Waals surface area (Å²) in [7, 11) is 0. The van der Waals surface area contributed by atoms with Crippen LogP contribution in [0.3, 0.4) is 0 Å². The van der Waals surface area contributed by atoms with Crippen LogP contribution in [0.15, 0.2) is 24.3 Å². The van der Waals surface area contributed by atoms with Crippen molar-refractivity contribution in [2.45, 2.75) is 46.6 Å². The van der Waals surface area contributed by atoms with Crippen LogP contribution < -0.4 is 10.1 Å². The highest BCUT2D eigenvalue weighted by atomic mass is 16.5. The first-order chi connectivity index (χ1) is 10.2. The van der Waals surface area contributed by atoms with Crippen LogP contribution in [0, 0.1) is 0 Å². The minimum absolute atomic E-state index is 0.453. The fourth-order valence-corrected chi connectivity index (χ4v) is 2.45. The van der Waals surface area contributed by atoms with Gasteiger partial charge in [-0.2, -0.15) is 0 Å². The molecule has 120 valence electrons. The highest BCUT2D eigenvalue weighted by Gasteiger charge is 2.08. The van der Waals surface area contributed by atoms with Crippen LogP contribution in [0.5, 0.6) is 5.75 Å². The Balaban J connectivity index is 2.45. The predicted octanol–water partition coefficient (Wildman–Crippen LogP) is 3.86. The average molecular weight is 292 g/mol. The van der Waals surface area contributed by atoms with E-state index in [9.17, 15) is 0 Å². The maximum Gasteiger partial charge on any atom is 0.119 e. The number of likely N-dealkylation sites (N-methyl/N-ethyl adjacent to an activating group) is 1. The zero-order chi connectivity index (χ0) is 15.5. The Hall–Kier alpha value is -1.06. The van der Waals surface area contributed by atoms with Crippen LogP contribution in [0.25, 0.3) is 0 Å². The summed E-state index contributed by atoms with van der Waals surface area (Å²) in [6, 6.07) is 9.00. The second-order valence-electron chi connectivity index (χ2n) is 5.36. The van der Waals surface area contributed by atoms with Crippen molar-refractivity contribution < 1.29 is 4.74 Å². The van der Waals surface area contributed by atoms with Crippen molar-refractivity contribution in [3.63, 3.8) is 0 Å². The van der Waals surface area contributed by atoms with E-state index < -0.39 is 0 Å². The number of ether oxygens (including phenoxy) is 1. The molecule has 3 nitrogen and oxygen atoms in total. The summed E-state index contributed by atoms with van der Waals surface area (Å²) in [5, 5.41) is 3.58. The second kappa shape index (κ2) is 10.6. The Morgan fingerprint density at radius 2 is 1.71 bits per heavy atom. The minimum Gasteiger partial charge on any atom is -0.492 e. The summed E-state index contributed by atoms with van der Waals surface area (Å²) in [6.45, 7) is 13.8. The third kappa shape index (κ3) is 6.49. The van der Waals surface area contributed by atoms with Gasteiger partial charge in [0.2, 0.25) is 0 Å². The molecule has 0 aliphatic rings. The molecule has 0 heterocycles. The van der Waals surface area contributed by atoms with E-state index in [1.807, 2.05) is 0 Å². The van der Waals surface area contributed by atoms with Crippen molar-refractivity contribution in [1.29, 1.82) is 0 Å². The summed E-state index contributed by atoms with van der Waals surface area (Å²) in [5.74, 6) is 0.969. The summed E-state index contributed by atoms with van der Waals surface area (Å²) in [5.41, 5.74) is 1.35. The molecule has 1 N–H and O–H groups in total. The van der Waals surface area contributed by atoms with Gasteiger partial charge in [-0.15, -0.1) is 0 Å². The molecule has 21 heavy (non-hydrogen) atoms. The van der Waals surface area contributed by atoms with Gasteiger partial charge in [-0.25, -0.2) is 0 Å². The molecule has 0 spiro atoms. The van der Waals surface area contributed by atoms with E-state index >= 15 is 0 Å². The largest absolute Gasteiger partial charge is 0.492 e. The van der Waals surface area contributed by atoms with Gasteiger partial charge < -0.3 is 15.0 Å². The van der Waals surface area contributed by atoms with Gasteiger partial charge in [0.25, 0.3) is 0 Å². The number of hydrogen-bond donors (Lipinski definition) is 1. The first kappa shape index (κ1) is 18.0. The van der Waals surface area contributed by atoms with E-state index in [2.05, 4.69) is 62.2 Å². The quantitative estimate of drug-likeness (QED) is 0.670. The lowest BCUT2D eigenvalue weighted by Gasteiger charge is -2.19. The van der Waals surface area contributed by atoms with E-state index in [0.717, 1.165) is 45.0 Å². The van der Waals surface area contributed by atoms with E-state index in [0.29, 0.717) is 6.04 Å². The lowest BCUT2D eigenvalue weighted by molar-refractivity contribution is 0.223. The van der Waals surface area contributed by atoms with Gasteiger partial charge in [0, 0.05) is 12.6 Å². The zero-order valence-corrected chi connectivity index (χ0v) is 14.2. The monoisotopic (exact) mass is 292 g/mol. The Bertz CT molecular complexity index is 360. The molecule has 0 radical (unpaired) electrons. The number of nitrogens with one attached hydrogen (secondary N) is 1. The van der Waals surface area contributed by atoms with Gasteiger partial charge in [0.05, 0.1) is 0 Å². The van der Waals surface area contributed by atoms with Crippen molar-refractivity contribution >= 4 is 0 Å². The molecule has 1 aromatic carbocycles. The summed E-state index contributed by atoms with van der Waals surface area (Å²) < 4.78 is 5.83. The molecule has 0 aliphatic heterocycles. The molecule has 0 bridgehead atoms. The number of hydrogen-bond acceptors (Lipinski definition) is 3. The molecule has 0 saturated carbocycles. The first-order valence-electron chi connectivity index (χ1n) is 8.43. The molecule has 3 heteroatoms. The van der Waals surface area contributed by atoms with E-state index in [4.69, 9.17) is 4.74 Å². The number of nitrogens with zero attached hydrogens (tertiary/aromatic N) is 1. The number of benzene rings is 1. The lowest BCUT2D eigenvalue weighted by Crippen LogP contribution is -2.27. The maximum absolute atomic E-state index is 5.83. The topological polar surface area (TPSA) is 24.5 Å². The Morgan fingerprint density at radius 1 is 1.05 bits per heavy atom. The highest BCUT2D eigenvalue weighted by molar-refractivity contribution is 5.29. The molecule has 0 amide bonds. The van der Waals surface area contributed by atoms with Crippen LogP contribution >= 0.6 is 0 Å². The second-order valence-corrected chi connectivity index (χ2v) is 5.36. The van der Waals surface area contributed by atoms with Gasteiger partial charge in [-0.05, 0) is 50.2 Å². The average Bonchev–Trinajstić information content (AvgIpc) is 2.53. The van der Waals surface area contributed by atoms with Crippen molar-refractivity contribution in [3.05, 3.63) is 29.8 Å². The van der Waals surface area contributed by atoms with Crippen LogP contribution in [0.2, 0.25) is 0 Å². The predicted molar refractivity (Wildman–Crippen MR) is 91.1 cm³/mol. The van der Waals surface area contributed by atoms with Crippen molar-refractivity contribution in [2.24, 2.45) is 0 Å². The van der Waals surface area contributed by atoms with Crippen LogP contribution in [-0.4, -0.2) is 37.7 Å². The maximum atomic E-state index is 5.83. The van der Waals surface area contributed by atoms with Crippen LogP contribution in [-0.2, 0) is 0 Å². The molecule has 1 unspecified atom stereocenters. The SMILES string of the molecule is CCCNC(CC)c1ccc(OCCN(CC)CC)cc1. The molecule has 0 aromatic heterocycles. The van der Waals surface area contributed by atoms with Crippen LogP contribution in [0.4, 0.5) is 0 Å². The summed E-state index contributed by atoms with van der Waals surface area (Å²) in [6.07, 6.45) is 2.28.